The number of carbonyl (C=O) groups is 1. The largest absolute Gasteiger partial charge is 0.467 e. The number of esters is 1. The Kier molecular flexibility index (Phi) is 5.47. The predicted octanol–water partition coefficient (Wildman–Crippen LogP) is 1.14. The third kappa shape index (κ3) is 7.06. The highest BCUT2D eigenvalue weighted by atomic mass is 16.6. The molecule has 0 N–H and O–H groups in total. The van der Waals surface area contributed by atoms with E-state index in [2.05, 4.69) is 11.3 Å². The van der Waals surface area contributed by atoms with Gasteiger partial charge in [-0.05, 0) is 13.3 Å². The van der Waals surface area contributed by atoms with Crippen molar-refractivity contribution in [2.24, 2.45) is 0 Å². The molecule has 0 spiro atoms. The summed E-state index contributed by atoms with van der Waals surface area (Å²) in [5, 5.41) is 0. The van der Waals surface area contributed by atoms with Crippen LogP contribution >= 0.6 is 0 Å². The van der Waals surface area contributed by atoms with Gasteiger partial charge in [-0.15, -0.1) is 6.58 Å². The van der Waals surface area contributed by atoms with Crippen molar-refractivity contribution in [3.8, 4) is 0 Å². The minimum atomic E-state index is -0.341. The van der Waals surface area contributed by atoms with Crippen LogP contribution in [-0.2, 0) is 14.3 Å². The van der Waals surface area contributed by atoms with E-state index in [0.29, 0.717) is 6.61 Å². The highest BCUT2D eigenvalue weighted by Gasteiger charge is 1.98. The van der Waals surface area contributed by atoms with Gasteiger partial charge >= 0.3 is 5.97 Å². The lowest BCUT2D eigenvalue weighted by Crippen LogP contribution is -2.10. The fraction of sp³-hybridized carbons (Fsp3) is 0.625. The molecule has 0 aromatic carbocycles. The van der Waals surface area contributed by atoms with Gasteiger partial charge in [0.25, 0.3) is 0 Å². The van der Waals surface area contributed by atoms with E-state index in [-0.39, 0.29) is 12.6 Å². The number of hydrogen-bond donors (Lipinski definition) is 0. The van der Waals surface area contributed by atoms with Crippen molar-refractivity contribution in [3.63, 3.8) is 0 Å². The van der Waals surface area contributed by atoms with Crippen molar-refractivity contribution in [2.45, 2.75) is 13.3 Å². The molecule has 0 atom stereocenters. The van der Waals surface area contributed by atoms with Gasteiger partial charge in [0.2, 0.25) is 0 Å². The van der Waals surface area contributed by atoms with Crippen LogP contribution in [0, 0.1) is 0 Å². The Balaban J connectivity index is 3.14. The maximum atomic E-state index is 10.5. The zero-order valence-corrected chi connectivity index (χ0v) is 7.05. The minimum absolute atomic E-state index is 0.0315. The molecule has 11 heavy (non-hydrogen) atoms. The van der Waals surface area contributed by atoms with Gasteiger partial charge in [0.1, 0.15) is 6.61 Å². The lowest BCUT2D eigenvalue weighted by molar-refractivity contribution is -0.145. The van der Waals surface area contributed by atoms with Crippen LogP contribution in [0.25, 0.3) is 0 Å². The molecule has 0 heterocycles. The standard InChI is InChI=1S/C8H14O3/c1-7(2)4-5-11-6-8(9)10-3/h1,4-6H2,2-3H3. The Hall–Kier alpha value is -0.830. The van der Waals surface area contributed by atoms with Crippen LogP contribution < -0.4 is 0 Å². The molecule has 0 fully saturated rings. The SMILES string of the molecule is C=C(C)CCOCC(=O)OC. The summed E-state index contributed by atoms with van der Waals surface area (Å²) in [5.74, 6) is -0.341. The molecular weight excluding hydrogens is 144 g/mol. The van der Waals surface area contributed by atoms with E-state index in [1.807, 2.05) is 6.92 Å². The smallest absolute Gasteiger partial charge is 0.331 e. The van der Waals surface area contributed by atoms with Crippen LogP contribution in [0.4, 0.5) is 0 Å². The first-order chi connectivity index (χ1) is 5.16. The van der Waals surface area contributed by atoms with Gasteiger partial charge in [-0.1, -0.05) is 5.57 Å². The molecule has 0 saturated heterocycles. The molecule has 3 heteroatoms. The monoisotopic (exact) mass is 158 g/mol. The first-order valence-corrected chi connectivity index (χ1v) is 3.45. The molecule has 0 rings (SSSR count). The summed E-state index contributed by atoms with van der Waals surface area (Å²) < 4.78 is 9.33. The van der Waals surface area contributed by atoms with Crippen LogP contribution in [-0.4, -0.2) is 26.3 Å². The number of ether oxygens (including phenoxy) is 2. The van der Waals surface area contributed by atoms with Gasteiger partial charge in [0.15, 0.2) is 0 Å². The van der Waals surface area contributed by atoms with Crippen LogP contribution in [0.3, 0.4) is 0 Å². The summed E-state index contributed by atoms with van der Waals surface area (Å²) in [7, 11) is 1.34. The van der Waals surface area contributed by atoms with Crippen molar-refractivity contribution < 1.29 is 14.3 Å². The highest BCUT2D eigenvalue weighted by molar-refractivity contribution is 5.70. The molecule has 0 aliphatic carbocycles. The van der Waals surface area contributed by atoms with E-state index in [4.69, 9.17) is 4.74 Å². The van der Waals surface area contributed by atoms with Crippen molar-refractivity contribution in [2.75, 3.05) is 20.3 Å². The summed E-state index contributed by atoms with van der Waals surface area (Å²) >= 11 is 0. The van der Waals surface area contributed by atoms with Gasteiger partial charge in [-0.25, -0.2) is 4.79 Å². The summed E-state index contributed by atoms with van der Waals surface area (Å²) in [4.78, 5) is 10.5. The summed E-state index contributed by atoms with van der Waals surface area (Å²) in [6.07, 6.45) is 0.789. The number of carbonyl (C=O) groups excluding carboxylic acids is 1. The average Bonchev–Trinajstić information content (AvgIpc) is 1.97. The first-order valence-electron chi connectivity index (χ1n) is 3.45. The van der Waals surface area contributed by atoms with Crippen LogP contribution in [0.5, 0.6) is 0 Å². The van der Waals surface area contributed by atoms with Gasteiger partial charge < -0.3 is 9.47 Å². The van der Waals surface area contributed by atoms with Crippen molar-refractivity contribution in [1.82, 2.24) is 0 Å². The fourth-order valence-electron chi connectivity index (χ4n) is 0.461. The molecule has 3 nitrogen and oxygen atoms in total. The third-order valence-electron chi connectivity index (χ3n) is 1.12. The molecule has 0 radical (unpaired) electrons. The topological polar surface area (TPSA) is 35.5 Å². The molecular formula is C8H14O3. The van der Waals surface area contributed by atoms with Crippen LogP contribution in [0.1, 0.15) is 13.3 Å². The van der Waals surface area contributed by atoms with Gasteiger partial charge in [0, 0.05) is 0 Å². The Labute approximate surface area is 67.0 Å². The van der Waals surface area contributed by atoms with Crippen molar-refractivity contribution >= 4 is 5.97 Å². The second-order valence-corrected chi connectivity index (χ2v) is 2.34. The number of methoxy groups -OCH3 is 1. The van der Waals surface area contributed by atoms with E-state index in [1.54, 1.807) is 0 Å². The van der Waals surface area contributed by atoms with Gasteiger partial charge in [-0.3, -0.25) is 0 Å². The molecule has 0 amide bonds. The summed E-state index contributed by atoms with van der Waals surface area (Å²) in [6.45, 7) is 6.18. The normalized spacial score (nSPS) is 9.27. The molecule has 0 bridgehead atoms. The highest BCUT2D eigenvalue weighted by Crippen LogP contribution is 1.94. The predicted molar refractivity (Wildman–Crippen MR) is 42.3 cm³/mol. The fourth-order valence-corrected chi connectivity index (χ4v) is 0.461. The van der Waals surface area contributed by atoms with E-state index in [1.165, 1.54) is 7.11 Å². The molecule has 0 aliphatic rings. The van der Waals surface area contributed by atoms with Crippen LogP contribution in [0.2, 0.25) is 0 Å². The third-order valence-corrected chi connectivity index (χ3v) is 1.12. The zero-order valence-electron chi connectivity index (χ0n) is 7.05. The lowest BCUT2D eigenvalue weighted by Gasteiger charge is -2.01. The molecule has 0 unspecified atom stereocenters. The Bertz CT molecular complexity index is 140. The van der Waals surface area contributed by atoms with Crippen LogP contribution in [0.15, 0.2) is 12.2 Å². The second kappa shape index (κ2) is 5.92. The zero-order chi connectivity index (χ0) is 8.69. The van der Waals surface area contributed by atoms with Crippen molar-refractivity contribution in [3.05, 3.63) is 12.2 Å². The Morgan fingerprint density at radius 3 is 2.64 bits per heavy atom. The molecule has 0 aromatic heterocycles. The van der Waals surface area contributed by atoms with E-state index >= 15 is 0 Å². The second-order valence-electron chi connectivity index (χ2n) is 2.34. The summed E-state index contributed by atoms with van der Waals surface area (Å²) in [5.41, 5.74) is 1.05. The maximum absolute atomic E-state index is 10.5. The summed E-state index contributed by atoms with van der Waals surface area (Å²) in [6, 6.07) is 0. The molecule has 0 aliphatic heterocycles. The Morgan fingerprint density at radius 1 is 1.55 bits per heavy atom. The number of rotatable bonds is 5. The van der Waals surface area contributed by atoms with Gasteiger partial charge in [0.05, 0.1) is 13.7 Å². The van der Waals surface area contributed by atoms with E-state index < -0.39 is 0 Å². The van der Waals surface area contributed by atoms with E-state index in [0.717, 1.165) is 12.0 Å². The Morgan fingerprint density at radius 2 is 2.18 bits per heavy atom. The van der Waals surface area contributed by atoms with E-state index in [9.17, 15) is 4.79 Å². The molecule has 0 aromatic rings. The molecule has 0 saturated carbocycles. The quantitative estimate of drug-likeness (QED) is 0.342. The minimum Gasteiger partial charge on any atom is -0.467 e. The van der Waals surface area contributed by atoms with Gasteiger partial charge in [-0.2, -0.15) is 0 Å². The molecule has 64 valence electrons. The van der Waals surface area contributed by atoms with Crippen molar-refractivity contribution in [1.29, 1.82) is 0 Å². The lowest BCUT2D eigenvalue weighted by atomic mass is 10.3. The maximum Gasteiger partial charge on any atom is 0.331 e. The first kappa shape index (κ1) is 10.2. The number of hydrogen-bond acceptors (Lipinski definition) is 3. The average molecular weight is 158 g/mol.